The maximum Gasteiger partial charge on any atom is 0.308 e. The number of hydrogen-bond donors (Lipinski definition) is 1. The Morgan fingerprint density at radius 3 is 2.82 bits per heavy atom. The lowest BCUT2D eigenvalue weighted by atomic mass is 9.99. The molecule has 1 heterocycles. The summed E-state index contributed by atoms with van der Waals surface area (Å²) in [5.74, 6) is -1.96. The minimum absolute atomic E-state index is 0.250. The molecule has 1 rings (SSSR count). The van der Waals surface area contributed by atoms with Crippen LogP contribution in [0.2, 0.25) is 0 Å². The lowest BCUT2D eigenvalue weighted by Crippen LogP contribution is -2.37. The minimum atomic E-state index is -1.55. The van der Waals surface area contributed by atoms with Crippen molar-refractivity contribution in [3.8, 4) is 0 Å². The number of carbonyl (C=O) groups excluding carboxylic acids is 2. The lowest BCUT2D eigenvalue weighted by Gasteiger charge is -2.18. The molecule has 0 bridgehead atoms. The van der Waals surface area contributed by atoms with Crippen LogP contribution >= 0.6 is 0 Å². The first-order valence-corrected chi connectivity index (χ1v) is 3.10. The van der Waals surface area contributed by atoms with E-state index in [1.807, 2.05) is 0 Å². The first-order chi connectivity index (χ1) is 5.02. The minimum Gasteiger partial charge on any atom is -0.550 e. The Bertz CT molecular complexity index is 199. The van der Waals surface area contributed by atoms with Crippen molar-refractivity contribution in [2.75, 3.05) is 6.61 Å². The molecule has 0 aromatic carbocycles. The molecule has 0 saturated carbocycles. The highest BCUT2D eigenvalue weighted by Gasteiger charge is 2.38. The predicted octanol–water partition coefficient (Wildman–Crippen LogP) is -2.20. The Morgan fingerprint density at radius 1 is 1.82 bits per heavy atom. The number of carbonyl (C=O) groups is 2. The molecule has 1 N–H and O–H groups in total. The van der Waals surface area contributed by atoms with E-state index in [-0.39, 0.29) is 13.0 Å². The van der Waals surface area contributed by atoms with Crippen LogP contribution in [0.1, 0.15) is 12.8 Å². The summed E-state index contributed by atoms with van der Waals surface area (Å²) in [6.07, 6.45) is -0.820. The van der Waals surface area contributed by atoms with Crippen molar-refractivity contribution in [3.05, 3.63) is 0 Å². The third-order valence-corrected chi connectivity index (χ3v) is 1.45. The van der Waals surface area contributed by atoms with Crippen LogP contribution in [0.5, 0.6) is 0 Å². The SMILES string of the molecule is O=C([O-])CC1(O)COC(=O)C1. The van der Waals surface area contributed by atoms with E-state index in [1.165, 1.54) is 0 Å². The molecule has 5 nitrogen and oxygen atoms in total. The van der Waals surface area contributed by atoms with Crippen LogP contribution in [-0.4, -0.2) is 29.3 Å². The zero-order valence-electron chi connectivity index (χ0n) is 5.70. The maximum atomic E-state index is 10.4. The second-order valence-electron chi connectivity index (χ2n) is 2.61. The summed E-state index contributed by atoms with van der Waals surface area (Å²) in [5.41, 5.74) is -1.55. The van der Waals surface area contributed by atoms with E-state index in [4.69, 9.17) is 0 Å². The summed E-state index contributed by atoms with van der Waals surface area (Å²) in [6.45, 7) is -0.250. The number of aliphatic hydroxyl groups is 1. The number of cyclic esters (lactones) is 1. The van der Waals surface area contributed by atoms with Gasteiger partial charge >= 0.3 is 5.97 Å². The second-order valence-corrected chi connectivity index (χ2v) is 2.61. The highest BCUT2D eigenvalue weighted by atomic mass is 16.6. The largest absolute Gasteiger partial charge is 0.550 e. The summed E-state index contributed by atoms with van der Waals surface area (Å²) < 4.78 is 4.39. The number of rotatable bonds is 2. The van der Waals surface area contributed by atoms with Gasteiger partial charge in [-0.15, -0.1) is 0 Å². The molecule has 1 fully saturated rings. The van der Waals surface area contributed by atoms with Crippen LogP contribution in [0.3, 0.4) is 0 Å². The van der Waals surface area contributed by atoms with Crippen LogP contribution in [0, 0.1) is 0 Å². The fourth-order valence-electron chi connectivity index (χ4n) is 0.968. The summed E-state index contributed by atoms with van der Waals surface area (Å²) in [4.78, 5) is 20.5. The van der Waals surface area contributed by atoms with Gasteiger partial charge in [-0.05, 0) is 0 Å². The Morgan fingerprint density at radius 2 is 2.45 bits per heavy atom. The van der Waals surface area contributed by atoms with Gasteiger partial charge in [-0.2, -0.15) is 0 Å². The van der Waals surface area contributed by atoms with Crippen molar-refractivity contribution < 1.29 is 24.5 Å². The average molecular weight is 159 g/mol. The molecule has 1 unspecified atom stereocenters. The Hall–Kier alpha value is -1.10. The van der Waals surface area contributed by atoms with Crippen molar-refractivity contribution in [1.29, 1.82) is 0 Å². The number of ether oxygens (including phenoxy) is 1. The molecule has 0 radical (unpaired) electrons. The summed E-state index contributed by atoms with van der Waals surface area (Å²) >= 11 is 0. The third kappa shape index (κ3) is 1.91. The molecule has 0 spiro atoms. The summed E-state index contributed by atoms with van der Waals surface area (Å²) in [5, 5.41) is 19.3. The van der Waals surface area contributed by atoms with Crippen LogP contribution in [0.25, 0.3) is 0 Å². The summed E-state index contributed by atoms with van der Waals surface area (Å²) in [7, 11) is 0. The number of carboxylic acid groups (broad SMARTS) is 1. The van der Waals surface area contributed by atoms with Crippen molar-refractivity contribution in [1.82, 2.24) is 0 Å². The van der Waals surface area contributed by atoms with E-state index in [2.05, 4.69) is 4.74 Å². The molecule has 1 saturated heterocycles. The molecule has 5 heteroatoms. The van der Waals surface area contributed by atoms with E-state index in [0.717, 1.165) is 0 Å². The molecule has 0 aromatic rings. The van der Waals surface area contributed by atoms with E-state index in [9.17, 15) is 19.8 Å². The predicted molar refractivity (Wildman–Crippen MR) is 30.1 cm³/mol. The van der Waals surface area contributed by atoms with Gasteiger partial charge in [0, 0.05) is 12.4 Å². The number of aliphatic carboxylic acids is 1. The van der Waals surface area contributed by atoms with Gasteiger partial charge in [-0.3, -0.25) is 4.79 Å². The fourth-order valence-corrected chi connectivity index (χ4v) is 0.968. The van der Waals surface area contributed by atoms with Crippen LogP contribution in [0.15, 0.2) is 0 Å². The number of carboxylic acids is 1. The van der Waals surface area contributed by atoms with Gasteiger partial charge in [0.25, 0.3) is 0 Å². The quantitative estimate of drug-likeness (QED) is 0.462. The van der Waals surface area contributed by atoms with Crippen LogP contribution in [0.4, 0.5) is 0 Å². The Kier molecular flexibility index (Phi) is 1.82. The van der Waals surface area contributed by atoms with Crippen molar-refractivity contribution >= 4 is 11.9 Å². The lowest BCUT2D eigenvalue weighted by molar-refractivity contribution is -0.309. The molecule has 0 amide bonds. The topological polar surface area (TPSA) is 86.7 Å². The van der Waals surface area contributed by atoms with E-state index >= 15 is 0 Å². The smallest absolute Gasteiger partial charge is 0.308 e. The molecule has 0 aromatic heterocycles. The maximum absolute atomic E-state index is 10.4. The molecule has 1 atom stereocenters. The Labute approximate surface area is 62.6 Å². The van der Waals surface area contributed by atoms with E-state index in [1.54, 1.807) is 0 Å². The van der Waals surface area contributed by atoms with Crippen molar-refractivity contribution in [2.24, 2.45) is 0 Å². The van der Waals surface area contributed by atoms with Gasteiger partial charge in [0.2, 0.25) is 0 Å². The molecule has 62 valence electrons. The molecule has 0 aliphatic carbocycles. The average Bonchev–Trinajstić information content (AvgIpc) is 2.08. The number of hydrogen-bond acceptors (Lipinski definition) is 5. The van der Waals surface area contributed by atoms with Crippen LogP contribution < -0.4 is 5.11 Å². The Balaban J connectivity index is 2.55. The number of esters is 1. The monoisotopic (exact) mass is 159 g/mol. The molecular formula is C6H7O5-. The van der Waals surface area contributed by atoms with Crippen LogP contribution in [-0.2, 0) is 14.3 Å². The zero-order valence-corrected chi connectivity index (χ0v) is 5.70. The molecule has 1 aliphatic heterocycles. The third-order valence-electron chi connectivity index (χ3n) is 1.45. The van der Waals surface area contributed by atoms with Gasteiger partial charge in [0.15, 0.2) is 0 Å². The van der Waals surface area contributed by atoms with Crippen molar-refractivity contribution in [3.63, 3.8) is 0 Å². The highest BCUT2D eigenvalue weighted by molar-refractivity contribution is 5.75. The van der Waals surface area contributed by atoms with Gasteiger partial charge < -0.3 is 19.7 Å². The van der Waals surface area contributed by atoms with Gasteiger partial charge in [-0.1, -0.05) is 0 Å². The molecule has 11 heavy (non-hydrogen) atoms. The van der Waals surface area contributed by atoms with Gasteiger partial charge in [-0.25, -0.2) is 0 Å². The summed E-state index contributed by atoms with van der Waals surface area (Å²) in [6, 6.07) is 0. The second kappa shape index (κ2) is 2.50. The van der Waals surface area contributed by atoms with Gasteiger partial charge in [0.05, 0.1) is 6.42 Å². The first-order valence-electron chi connectivity index (χ1n) is 3.10. The molecular weight excluding hydrogens is 152 g/mol. The standard InChI is InChI=1S/C6H8O5/c7-4(8)1-6(10)2-5(9)11-3-6/h10H,1-3H2,(H,7,8)/p-1. The van der Waals surface area contributed by atoms with E-state index in [0.29, 0.717) is 0 Å². The van der Waals surface area contributed by atoms with Crippen molar-refractivity contribution in [2.45, 2.75) is 18.4 Å². The van der Waals surface area contributed by atoms with E-state index < -0.39 is 24.0 Å². The normalized spacial score (nSPS) is 30.1. The molecule has 1 aliphatic rings. The fraction of sp³-hybridized carbons (Fsp3) is 0.667. The van der Waals surface area contributed by atoms with Gasteiger partial charge in [0.1, 0.15) is 12.2 Å². The highest BCUT2D eigenvalue weighted by Crippen LogP contribution is 2.22. The first kappa shape index (κ1) is 8.00. The zero-order chi connectivity index (χ0) is 8.48.